The average Bonchev–Trinajstić information content (AvgIpc) is 3.28. The highest BCUT2D eigenvalue weighted by molar-refractivity contribution is 5.91. The third kappa shape index (κ3) is 4.46. The number of carbonyl (C=O) groups is 1. The van der Waals surface area contributed by atoms with Gasteiger partial charge >= 0.3 is 5.97 Å². The molecular formula is C22H21N5O4. The number of aromatic nitrogens is 4. The molecule has 0 saturated heterocycles. The average molecular weight is 419 g/mol. The van der Waals surface area contributed by atoms with E-state index in [-0.39, 0.29) is 11.5 Å². The fraction of sp³-hybridized carbons (Fsp3) is 0.182. The van der Waals surface area contributed by atoms with Crippen LogP contribution in [0.1, 0.15) is 10.4 Å². The first-order chi connectivity index (χ1) is 15.0. The lowest BCUT2D eigenvalue weighted by atomic mass is 10.2. The lowest BCUT2D eigenvalue weighted by Crippen LogP contribution is -2.24. The summed E-state index contributed by atoms with van der Waals surface area (Å²) in [6.45, 7) is 1.14. The van der Waals surface area contributed by atoms with Crippen LogP contribution in [0.5, 0.6) is 11.5 Å². The van der Waals surface area contributed by atoms with Crippen molar-refractivity contribution >= 4 is 22.7 Å². The van der Waals surface area contributed by atoms with Gasteiger partial charge in [-0.2, -0.15) is 10.1 Å². The number of carboxylic acid groups (broad SMARTS) is 1. The first kappa shape index (κ1) is 20.3. The second-order valence-electron chi connectivity index (χ2n) is 6.83. The fourth-order valence-corrected chi connectivity index (χ4v) is 3.04. The molecule has 9 heteroatoms. The highest BCUT2D eigenvalue weighted by Crippen LogP contribution is 2.29. The molecule has 2 aromatic carbocycles. The Morgan fingerprint density at radius 1 is 1.13 bits per heavy atom. The van der Waals surface area contributed by atoms with Gasteiger partial charge < -0.3 is 19.5 Å². The molecule has 0 atom stereocenters. The minimum Gasteiger partial charge on any atom is -0.478 e. The molecule has 0 aliphatic carbocycles. The number of para-hydroxylation sites is 1. The van der Waals surface area contributed by atoms with Gasteiger partial charge in [0.15, 0.2) is 0 Å². The van der Waals surface area contributed by atoms with E-state index in [4.69, 9.17) is 9.47 Å². The van der Waals surface area contributed by atoms with Crippen molar-refractivity contribution in [3.63, 3.8) is 0 Å². The van der Waals surface area contributed by atoms with Crippen LogP contribution in [-0.4, -0.2) is 58.1 Å². The number of likely N-dealkylation sites (N-methyl/N-ethyl adjacent to an activating group) is 1. The quantitative estimate of drug-likeness (QED) is 0.464. The lowest BCUT2D eigenvalue weighted by Gasteiger charge is -2.20. The predicted octanol–water partition coefficient (Wildman–Crippen LogP) is 3.39. The number of rotatable bonds is 8. The van der Waals surface area contributed by atoms with Crippen LogP contribution in [0.2, 0.25) is 0 Å². The van der Waals surface area contributed by atoms with Crippen molar-refractivity contribution in [2.45, 2.75) is 0 Å². The fourth-order valence-electron chi connectivity index (χ4n) is 3.04. The maximum absolute atomic E-state index is 11.2. The summed E-state index contributed by atoms with van der Waals surface area (Å²) in [5.74, 6) is 1.21. The zero-order chi connectivity index (χ0) is 21.8. The molecule has 0 aliphatic heterocycles. The summed E-state index contributed by atoms with van der Waals surface area (Å²) in [6, 6.07) is 15.1. The number of hydrogen-bond donors (Lipinski definition) is 1. The minimum absolute atomic E-state index is 0.0548. The number of aromatic carboxylic acids is 1. The summed E-state index contributed by atoms with van der Waals surface area (Å²) < 4.78 is 12.5. The van der Waals surface area contributed by atoms with Crippen LogP contribution in [0.4, 0.5) is 5.82 Å². The van der Waals surface area contributed by atoms with Crippen molar-refractivity contribution in [1.29, 1.82) is 0 Å². The van der Waals surface area contributed by atoms with Crippen LogP contribution in [-0.2, 0) is 4.74 Å². The molecule has 0 aliphatic rings. The predicted molar refractivity (Wildman–Crippen MR) is 115 cm³/mol. The third-order valence-electron chi connectivity index (χ3n) is 4.64. The Balaban J connectivity index is 1.79. The Morgan fingerprint density at radius 2 is 1.94 bits per heavy atom. The van der Waals surface area contributed by atoms with E-state index < -0.39 is 5.97 Å². The monoisotopic (exact) mass is 419 g/mol. The first-order valence-electron chi connectivity index (χ1n) is 9.58. The molecule has 0 radical (unpaired) electrons. The Labute approximate surface area is 178 Å². The van der Waals surface area contributed by atoms with E-state index in [1.807, 2.05) is 60.5 Å². The molecule has 2 aromatic heterocycles. The first-order valence-corrected chi connectivity index (χ1v) is 9.58. The van der Waals surface area contributed by atoms with Crippen molar-refractivity contribution in [2.24, 2.45) is 0 Å². The van der Waals surface area contributed by atoms with Crippen LogP contribution in [0.15, 0.2) is 60.9 Å². The van der Waals surface area contributed by atoms with Gasteiger partial charge in [0.2, 0.25) is 0 Å². The number of carboxylic acids is 1. The van der Waals surface area contributed by atoms with Gasteiger partial charge in [0.25, 0.3) is 5.95 Å². The van der Waals surface area contributed by atoms with Gasteiger partial charge in [-0.1, -0.05) is 18.2 Å². The number of fused-ring (bicyclic) bond motifs is 1. The topological polar surface area (TPSA) is 103 Å². The summed E-state index contributed by atoms with van der Waals surface area (Å²) in [4.78, 5) is 22.4. The van der Waals surface area contributed by atoms with Crippen molar-refractivity contribution < 1.29 is 19.4 Å². The van der Waals surface area contributed by atoms with Crippen LogP contribution in [0.25, 0.3) is 16.9 Å². The molecule has 31 heavy (non-hydrogen) atoms. The van der Waals surface area contributed by atoms with E-state index in [9.17, 15) is 9.90 Å². The molecule has 0 amide bonds. The highest BCUT2D eigenvalue weighted by Gasteiger charge is 2.16. The van der Waals surface area contributed by atoms with E-state index in [0.29, 0.717) is 36.0 Å². The van der Waals surface area contributed by atoms with Crippen molar-refractivity contribution in [1.82, 2.24) is 19.7 Å². The summed E-state index contributed by atoms with van der Waals surface area (Å²) in [5, 5.41) is 14.1. The standard InChI is InChI=1S/C22H21N5O4/c1-26(10-11-30-2)20-18-9-8-17(31-16-6-4-3-5-7-16)12-19(18)24-22(25-20)27-14-15(13-23-27)21(28)29/h3-9,12-14H,10-11H2,1-2H3,(H,28,29). The van der Waals surface area contributed by atoms with Gasteiger partial charge in [-0.25, -0.2) is 14.5 Å². The van der Waals surface area contributed by atoms with Crippen LogP contribution >= 0.6 is 0 Å². The van der Waals surface area contributed by atoms with Gasteiger partial charge in [-0.05, 0) is 24.3 Å². The molecule has 1 N–H and O–H groups in total. The number of benzene rings is 2. The van der Waals surface area contributed by atoms with Crippen molar-refractivity contribution in [2.75, 3.05) is 32.2 Å². The zero-order valence-electron chi connectivity index (χ0n) is 17.1. The SMILES string of the molecule is COCCN(C)c1nc(-n2cc(C(=O)O)cn2)nc2cc(Oc3ccccc3)ccc12. The number of hydrogen-bond acceptors (Lipinski definition) is 7. The molecule has 4 aromatic rings. The van der Waals surface area contributed by atoms with Gasteiger partial charge in [0.05, 0.1) is 23.9 Å². The third-order valence-corrected chi connectivity index (χ3v) is 4.64. The van der Waals surface area contributed by atoms with Gasteiger partial charge in [-0.3, -0.25) is 0 Å². The molecule has 4 rings (SSSR count). The van der Waals surface area contributed by atoms with Gasteiger partial charge in [-0.15, -0.1) is 0 Å². The van der Waals surface area contributed by atoms with Crippen molar-refractivity contribution in [3.8, 4) is 17.4 Å². The zero-order valence-corrected chi connectivity index (χ0v) is 17.1. The number of ether oxygens (including phenoxy) is 2. The highest BCUT2D eigenvalue weighted by atomic mass is 16.5. The second kappa shape index (κ2) is 8.80. The van der Waals surface area contributed by atoms with Crippen LogP contribution in [0.3, 0.4) is 0 Å². The van der Waals surface area contributed by atoms with E-state index in [0.717, 1.165) is 5.39 Å². The smallest absolute Gasteiger partial charge is 0.338 e. The second-order valence-corrected chi connectivity index (χ2v) is 6.83. The van der Waals surface area contributed by atoms with E-state index in [1.165, 1.54) is 17.1 Å². The Kier molecular flexibility index (Phi) is 5.76. The molecule has 158 valence electrons. The molecule has 2 heterocycles. The maximum Gasteiger partial charge on any atom is 0.338 e. The van der Waals surface area contributed by atoms with Crippen LogP contribution in [0, 0.1) is 0 Å². The molecule has 0 bridgehead atoms. The Hall–Kier alpha value is -3.98. The largest absolute Gasteiger partial charge is 0.478 e. The maximum atomic E-state index is 11.2. The Bertz CT molecular complexity index is 1210. The van der Waals surface area contributed by atoms with E-state index >= 15 is 0 Å². The minimum atomic E-state index is -1.07. The van der Waals surface area contributed by atoms with E-state index in [1.54, 1.807) is 7.11 Å². The lowest BCUT2D eigenvalue weighted by molar-refractivity contribution is 0.0697. The molecule has 0 saturated carbocycles. The molecule has 0 spiro atoms. The molecule has 9 nitrogen and oxygen atoms in total. The Morgan fingerprint density at radius 3 is 2.65 bits per heavy atom. The summed E-state index contributed by atoms with van der Waals surface area (Å²) in [6.07, 6.45) is 2.64. The number of nitrogens with zero attached hydrogens (tertiary/aromatic N) is 5. The molecular weight excluding hydrogens is 398 g/mol. The summed E-state index contributed by atoms with van der Waals surface area (Å²) in [5.41, 5.74) is 0.698. The number of methoxy groups -OCH3 is 1. The molecule has 0 unspecified atom stereocenters. The van der Waals surface area contributed by atoms with Crippen LogP contribution < -0.4 is 9.64 Å². The van der Waals surface area contributed by atoms with Gasteiger partial charge in [0, 0.05) is 38.4 Å². The van der Waals surface area contributed by atoms with Crippen molar-refractivity contribution in [3.05, 3.63) is 66.5 Å². The van der Waals surface area contributed by atoms with Gasteiger partial charge in [0.1, 0.15) is 17.3 Å². The summed E-state index contributed by atoms with van der Waals surface area (Å²) in [7, 11) is 3.55. The number of anilines is 1. The molecule has 0 fully saturated rings. The summed E-state index contributed by atoms with van der Waals surface area (Å²) >= 11 is 0. The normalized spacial score (nSPS) is 10.9. The van der Waals surface area contributed by atoms with E-state index in [2.05, 4.69) is 15.1 Å².